The molecule has 2 amide bonds. The van der Waals surface area contributed by atoms with Crippen molar-refractivity contribution in [1.29, 1.82) is 0 Å². The van der Waals surface area contributed by atoms with Crippen LogP contribution in [-0.2, 0) is 9.59 Å². The molecule has 2 heterocycles. The van der Waals surface area contributed by atoms with Gasteiger partial charge in [0.15, 0.2) is 0 Å². The molecule has 1 aromatic carbocycles. The molecule has 2 fully saturated rings. The second-order valence-electron chi connectivity index (χ2n) is 7.85. The molecule has 1 aliphatic carbocycles. The van der Waals surface area contributed by atoms with Gasteiger partial charge in [-0.05, 0) is 37.1 Å². The fourth-order valence-corrected chi connectivity index (χ4v) is 4.54. The lowest BCUT2D eigenvalue weighted by atomic mass is 9.94. The predicted molar refractivity (Wildman–Crippen MR) is 111 cm³/mol. The molecule has 2 aliphatic heterocycles. The molecule has 0 unspecified atom stereocenters. The fourth-order valence-electron chi connectivity index (χ4n) is 4.41. The van der Waals surface area contributed by atoms with E-state index in [0.717, 1.165) is 26.2 Å². The second kappa shape index (κ2) is 8.62. The van der Waals surface area contributed by atoms with Crippen LogP contribution in [0, 0.1) is 0 Å². The third kappa shape index (κ3) is 4.23. The van der Waals surface area contributed by atoms with E-state index in [1.807, 2.05) is 4.90 Å². The Morgan fingerprint density at radius 2 is 1.64 bits per heavy atom. The third-order valence-corrected chi connectivity index (χ3v) is 6.30. The SMILES string of the molecule is O=C(C1=NN(c2ccc(Cl)cc2)C(=O)CC1)N1CCN(C2CCCCC2)CC1. The van der Waals surface area contributed by atoms with Gasteiger partial charge in [-0.15, -0.1) is 0 Å². The zero-order valence-electron chi connectivity index (χ0n) is 16.1. The molecule has 1 aromatic rings. The Balaban J connectivity index is 1.40. The average Bonchev–Trinajstić information content (AvgIpc) is 2.75. The Hall–Kier alpha value is -1.92. The number of hydrogen-bond acceptors (Lipinski definition) is 4. The van der Waals surface area contributed by atoms with Crippen LogP contribution in [-0.4, -0.2) is 59.5 Å². The van der Waals surface area contributed by atoms with Gasteiger partial charge in [-0.25, -0.2) is 5.01 Å². The molecule has 3 aliphatic rings. The van der Waals surface area contributed by atoms with Crippen molar-refractivity contribution in [3.8, 4) is 0 Å². The van der Waals surface area contributed by atoms with Gasteiger partial charge in [0.2, 0.25) is 5.91 Å². The summed E-state index contributed by atoms with van der Waals surface area (Å²) >= 11 is 5.93. The highest BCUT2D eigenvalue weighted by atomic mass is 35.5. The summed E-state index contributed by atoms with van der Waals surface area (Å²) in [5.41, 5.74) is 1.11. The number of hydrogen-bond donors (Lipinski definition) is 0. The highest BCUT2D eigenvalue weighted by Gasteiger charge is 2.31. The number of nitrogens with zero attached hydrogens (tertiary/aromatic N) is 4. The number of halogens is 1. The molecule has 150 valence electrons. The van der Waals surface area contributed by atoms with E-state index >= 15 is 0 Å². The molecule has 0 spiro atoms. The summed E-state index contributed by atoms with van der Waals surface area (Å²) in [6, 6.07) is 7.64. The number of rotatable bonds is 3. The molecule has 0 N–H and O–H groups in total. The minimum atomic E-state index is -0.0963. The van der Waals surface area contributed by atoms with Crippen LogP contribution in [0.15, 0.2) is 29.4 Å². The van der Waals surface area contributed by atoms with Gasteiger partial charge >= 0.3 is 0 Å². The van der Waals surface area contributed by atoms with Crippen molar-refractivity contribution in [2.45, 2.75) is 51.0 Å². The van der Waals surface area contributed by atoms with E-state index in [2.05, 4.69) is 10.0 Å². The molecule has 1 saturated carbocycles. The first-order valence-corrected chi connectivity index (χ1v) is 10.7. The van der Waals surface area contributed by atoms with Crippen molar-refractivity contribution in [1.82, 2.24) is 9.80 Å². The summed E-state index contributed by atoms with van der Waals surface area (Å²) in [5.74, 6) is -0.129. The van der Waals surface area contributed by atoms with Gasteiger partial charge in [-0.3, -0.25) is 14.5 Å². The highest BCUT2D eigenvalue weighted by molar-refractivity contribution is 6.40. The summed E-state index contributed by atoms with van der Waals surface area (Å²) in [7, 11) is 0. The van der Waals surface area contributed by atoms with Gasteiger partial charge in [-0.2, -0.15) is 5.10 Å². The molecule has 7 heteroatoms. The summed E-state index contributed by atoms with van der Waals surface area (Å²) < 4.78 is 0. The number of benzene rings is 1. The minimum Gasteiger partial charge on any atom is -0.335 e. The smallest absolute Gasteiger partial charge is 0.270 e. The van der Waals surface area contributed by atoms with Gasteiger partial charge in [0.05, 0.1) is 5.69 Å². The van der Waals surface area contributed by atoms with Crippen LogP contribution in [0.4, 0.5) is 5.69 Å². The first kappa shape index (κ1) is 19.4. The van der Waals surface area contributed by atoms with Crippen molar-refractivity contribution >= 4 is 34.8 Å². The lowest BCUT2D eigenvalue weighted by Gasteiger charge is -2.41. The lowest BCUT2D eigenvalue weighted by molar-refractivity contribution is -0.126. The number of amides is 2. The number of carbonyl (C=O) groups is 2. The van der Waals surface area contributed by atoms with Crippen LogP contribution < -0.4 is 5.01 Å². The zero-order valence-corrected chi connectivity index (χ0v) is 16.9. The van der Waals surface area contributed by atoms with Gasteiger partial charge in [0.25, 0.3) is 5.91 Å². The molecule has 0 aromatic heterocycles. The first-order chi connectivity index (χ1) is 13.6. The Labute approximate surface area is 171 Å². The highest BCUT2D eigenvalue weighted by Crippen LogP contribution is 2.25. The molecular formula is C21H27ClN4O2. The Morgan fingerprint density at radius 1 is 0.964 bits per heavy atom. The number of hydrazone groups is 1. The monoisotopic (exact) mass is 402 g/mol. The molecular weight excluding hydrogens is 376 g/mol. The molecule has 0 bridgehead atoms. The fraction of sp³-hybridized carbons (Fsp3) is 0.571. The first-order valence-electron chi connectivity index (χ1n) is 10.3. The molecule has 6 nitrogen and oxygen atoms in total. The van der Waals surface area contributed by atoms with Gasteiger partial charge < -0.3 is 4.90 Å². The normalized spacial score (nSPS) is 22.3. The van der Waals surface area contributed by atoms with Crippen molar-refractivity contribution in [3.63, 3.8) is 0 Å². The van der Waals surface area contributed by atoms with E-state index in [0.29, 0.717) is 35.3 Å². The number of piperazine rings is 1. The van der Waals surface area contributed by atoms with Crippen molar-refractivity contribution < 1.29 is 9.59 Å². The Bertz CT molecular complexity index is 750. The van der Waals surface area contributed by atoms with Crippen molar-refractivity contribution in [2.24, 2.45) is 5.10 Å². The maximum atomic E-state index is 13.0. The van der Waals surface area contributed by atoms with E-state index < -0.39 is 0 Å². The van der Waals surface area contributed by atoms with Crippen LogP contribution >= 0.6 is 11.6 Å². The van der Waals surface area contributed by atoms with Crippen LogP contribution in [0.5, 0.6) is 0 Å². The van der Waals surface area contributed by atoms with Gasteiger partial charge in [0.1, 0.15) is 5.71 Å². The quantitative estimate of drug-likeness (QED) is 0.779. The van der Waals surface area contributed by atoms with Gasteiger partial charge in [0, 0.05) is 50.1 Å². The molecule has 1 saturated heterocycles. The van der Waals surface area contributed by atoms with E-state index in [1.165, 1.54) is 37.1 Å². The summed E-state index contributed by atoms with van der Waals surface area (Å²) in [6.45, 7) is 3.35. The lowest BCUT2D eigenvalue weighted by Crippen LogP contribution is -2.54. The number of anilines is 1. The van der Waals surface area contributed by atoms with E-state index in [4.69, 9.17) is 11.6 Å². The molecule has 0 radical (unpaired) electrons. The topological polar surface area (TPSA) is 56.2 Å². The summed E-state index contributed by atoms with van der Waals surface area (Å²) in [4.78, 5) is 29.7. The predicted octanol–water partition coefficient (Wildman–Crippen LogP) is 3.30. The van der Waals surface area contributed by atoms with E-state index in [-0.39, 0.29) is 11.8 Å². The second-order valence-corrected chi connectivity index (χ2v) is 8.29. The molecule has 28 heavy (non-hydrogen) atoms. The summed E-state index contributed by atoms with van der Waals surface area (Å²) in [5, 5.41) is 6.34. The van der Waals surface area contributed by atoms with E-state index in [1.54, 1.807) is 24.3 Å². The van der Waals surface area contributed by atoms with Crippen LogP contribution in [0.3, 0.4) is 0 Å². The largest absolute Gasteiger partial charge is 0.335 e. The number of carbonyl (C=O) groups excluding carboxylic acids is 2. The Kier molecular flexibility index (Phi) is 5.97. The maximum absolute atomic E-state index is 13.0. The minimum absolute atomic E-state index is 0.0326. The molecule has 4 rings (SSSR count). The van der Waals surface area contributed by atoms with E-state index in [9.17, 15) is 9.59 Å². The zero-order chi connectivity index (χ0) is 19.5. The summed E-state index contributed by atoms with van der Waals surface area (Å²) in [6.07, 6.45) is 7.31. The third-order valence-electron chi connectivity index (χ3n) is 6.04. The Morgan fingerprint density at radius 3 is 2.32 bits per heavy atom. The molecule has 0 atom stereocenters. The van der Waals surface area contributed by atoms with Crippen LogP contribution in [0.2, 0.25) is 5.02 Å². The van der Waals surface area contributed by atoms with Crippen LogP contribution in [0.1, 0.15) is 44.9 Å². The van der Waals surface area contributed by atoms with Crippen molar-refractivity contribution in [3.05, 3.63) is 29.3 Å². The maximum Gasteiger partial charge on any atom is 0.270 e. The average molecular weight is 403 g/mol. The van der Waals surface area contributed by atoms with Crippen LogP contribution in [0.25, 0.3) is 0 Å². The van der Waals surface area contributed by atoms with Crippen molar-refractivity contribution in [2.75, 3.05) is 31.2 Å². The van der Waals surface area contributed by atoms with Gasteiger partial charge in [-0.1, -0.05) is 30.9 Å². The standard InChI is InChI=1S/C21H27ClN4O2/c22-16-6-8-18(9-7-16)26-20(27)11-10-19(23-26)21(28)25-14-12-24(13-15-25)17-4-2-1-3-5-17/h6-9,17H,1-5,10-15H2.